The first-order valence-corrected chi connectivity index (χ1v) is 9.83. The molecule has 0 aliphatic carbocycles. The van der Waals surface area contributed by atoms with E-state index in [1.54, 1.807) is 51.5 Å². The Morgan fingerprint density at radius 1 is 0.774 bits per heavy atom. The number of rotatable bonds is 8. The first kappa shape index (κ1) is 21.8. The van der Waals surface area contributed by atoms with Crippen LogP contribution in [0.5, 0.6) is 11.5 Å². The van der Waals surface area contributed by atoms with Gasteiger partial charge in [-0.2, -0.15) is 0 Å². The van der Waals surface area contributed by atoms with E-state index in [9.17, 15) is 9.59 Å². The summed E-state index contributed by atoms with van der Waals surface area (Å²) < 4.78 is 16.1. The standard InChI is InChI=1S/C26H24O5/c1-18(25(27)20-13-15-22(29-2)16-14-20)31-26(28)23(19-9-5-4-6-10-19)17-21-11-7-8-12-24(21)30-3/h4-18H,1-3H3/b23-17+/t18-/m1/s1. The number of hydrogen-bond acceptors (Lipinski definition) is 5. The maximum atomic E-state index is 13.1. The van der Waals surface area contributed by atoms with Gasteiger partial charge in [0.2, 0.25) is 5.78 Å². The molecule has 1 atom stereocenters. The van der Waals surface area contributed by atoms with Crippen molar-refractivity contribution >= 4 is 23.4 Å². The third-order valence-electron chi connectivity index (χ3n) is 4.77. The SMILES string of the molecule is COc1ccc(C(=O)[C@@H](C)OC(=O)/C(=C/c2ccccc2OC)c2ccccc2)cc1. The van der Waals surface area contributed by atoms with Crippen molar-refractivity contribution in [2.45, 2.75) is 13.0 Å². The van der Waals surface area contributed by atoms with Crippen LogP contribution in [0.4, 0.5) is 0 Å². The van der Waals surface area contributed by atoms with E-state index in [4.69, 9.17) is 14.2 Å². The first-order valence-electron chi connectivity index (χ1n) is 9.83. The lowest BCUT2D eigenvalue weighted by Gasteiger charge is -2.15. The molecule has 5 heteroatoms. The summed E-state index contributed by atoms with van der Waals surface area (Å²) >= 11 is 0. The largest absolute Gasteiger partial charge is 0.497 e. The minimum absolute atomic E-state index is 0.291. The fraction of sp³-hybridized carbons (Fsp3) is 0.154. The molecule has 3 aromatic rings. The lowest BCUT2D eigenvalue weighted by Crippen LogP contribution is -2.25. The zero-order valence-corrected chi connectivity index (χ0v) is 17.7. The smallest absolute Gasteiger partial charge is 0.339 e. The predicted octanol–water partition coefficient (Wildman–Crippen LogP) is 5.06. The van der Waals surface area contributed by atoms with Crippen molar-refractivity contribution in [3.05, 3.63) is 95.6 Å². The molecule has 158 valence electrons. The number of methoxy groups -OCH3 is 2. The Hall–Kier alpha value is -3.86. The molecule has 0 saturated carbocycles. The third-order valence-corrected chi connectivity index (χ3v) is 4.77. The number of esters is 1. The molecule has 0 aliphatic heterocycles. The summed E-state index contributed by atoms with van der Waals surface area (Å²) in [6.45, 7) is 1.57. The molecule has 0 saturated heterocycles. The van der Waals surface area contributed by atoms with Crippen LogP contribution in [0.15, 0.2) is 78.9 Å². The molecule has 0 aromatic heterocycles. The summed E-state index contributed by atoms with van der Waals surface area (Å²) in [6, 6.07) is 23.2. The summed E-state index contributed by atoms with van der Waals surface area (Å²) in [6.07, 6.45) is 0.756. The average Bonchev–Trinajstić information content (AvgIpc) is 2.82. The van der Waals surface area contributed by atoms with Crippen molar-refractivity contribution in [1.29, 1.82) is 0 Å². The molecule has 31 heavy (non-hydrogen) atoms. The molecule has 0 fully saturated rings. The molecule has 0 spiro atoms. The summed E-state index contributed by atoms with van der Waals surface area (Å²) in [4.78, 5) is 25.8. The summed E-state index contributed by atoms with van der Waals surface area (Å²) in [5, 5.41) is 0. The number of hydrogen-bond donors (Lipinski definition) is 0. The van der Waals surface area contributed by atoms with Crippen molar-refractivity contribution in [3.63, 3.8) is 0 Å². The van der Waals surface area contributed by atoms with Crippen molar-refractivity contribution in [3.8, 4) is 11.5 Å². The molecule has 0 aliphatic rings. The molecular formula is C26H24O5. The van der Waals surface area contributed by atoms with E-state index in [1.807, 2.05) is 54.6 Å². The molecule has 0 radical (unpaired) electrons. The van der Waals surface area contributed by atoms with Crippen LogP contribution in [-0.2, 0) is 9.53 Å². The lowest BCUT2D eigenvalue weighted by atomic mass is 10.0. The zero-order chi connectivity index (χ0) is 22.2. The Kier molecular flexibility index (Phi) is 7.22. The van der Waals surface area contributed by atoms with Gasteiger partial charge in [-0.15, -0.1) is 0 Å². The van der Waals surface area contributed by atoms with Crippen LogP contribution in [0.1, 0.15) is 28.4 Å². The third kappa shape index (κ3) is 5.39. The van der Waals surface area contributed by atoms with Crippen LogP contribution in [0.25, 0.3) is 11.6 Å². The van der Waals surface area contributed by atoms with Crippen LogP contribution in [-0.4, -0.2) is 32.1 Å². The molecule has 3 rings (SSSR count). The number of Topliss-reactive ketones (excluding diaryl/α,β-unsaturated/α-hetero) is 1. The van der Waals surface area contributed by atoms with Crippen LogP contribution >= 0.6 is 0 Å². The number of carbonyl (C=O) groups excluding carboxylic acids is 2. The normalized spacial score (nSPS) is 12.0. The van der Waals surface area contributed by atoms with E-state index < -0.39 is 12.1 Å². The van der Waals surface area contributed by atoms with E-state index >= 15 is 0 Å². The molecule has 0 unspecified atom stereocenters. The molecule has 0 N–H and O–H groups in total. The van der Waals surface area contributed by atoms with Gasteiger partial charge in [-0.05, 0) is 48.9 Å². The van der Waals surface area contributed by atoms with Gasteiger partial charge >= 0.3 is 5.97 Å². The van der Waals surface area contributed by atoms with E-state index in [0.29, 0.717) is 28.2 Å². The van der Waals surface area contributed by atoms with E-state index in [0.717, 1.165) is 5.56 Å². The van der Waals surface area contributed by atoms with Crippen molar-refractivity contribution < 1.29 is 23.8 Å². The molecule has 0 amide bonds. The lowest BCUT2D eigenvalue weighted by molar-refractivity contribution is -0.139. The van der Waals surface area contributed by atoms with Gasteiger partial charge in [0.15, 0.2) is 6.10 Å². The van der Waals surface area contributed by atoms with Crippen LogP contribution in [0.2, 0.25) is 0 Å². The van der Waals surface area contributed by atoms with Gasteiger partial charge in [-0.1, -0.05) is 48.5 Å². The molecule has 0 heterocycles. The van der Waals surface area contributed by atoms with E-state index in [2.05, 4.69) is 0 Å². The summed E-state index contributed by atoms with van der Waals surface area (Å²) in [5.41, 5.74) is 2.19. The molecule has 3 aromatic carbocycles. The number of ketones is 1. The van der Waals surface area contributed by atoms with Crippen LogP contribution in [0.3, 0.4) is 0 Å². The summed E-state index contributed by atoms with van der Waals surface area (Å²) in [7, 11) is 3.13. The van der Waals surface area contributed by atoms with Gasteiger partial charge in [0.05, 0.1) is 19.8 Å². The number of benzene rings is 3. The molecular weight excluding hydrogens is 392 g/mol. The van der Waals surface area contributed by atoms with Crippen molar-refractivity contribution in [2.24, 2.45) is 0 Å². The van der Waals surface area contributed by atoms with Crippen molar-refractivity contribution in [2.75, 3.05) is 14.2 Å². The average molecular weight is 416 g/mol. The minimum Gasteiger partial charge on any atom is -0.497 e. The van der Waals surface area contributed by atoms with Gasteiger partial charge in [-0.3, -0.25) is 4.79 Å². The first-order chi connectivity index (χ1) is 15.0. The Morgan fingerprint density at radius 3 is 2.06 bits per heavy atom. The Balaban J connectivity index is 1.88. The van der Waals surface area contributed by atoms with Crippen LogP contribution in [0, 0.1) is 0 Å². The minimum atomic E-state index is -0.953. The maximum absolute atomic E-state index is 13.1. The fourth-order valence-electron chi connectivity index (χ4n) is 3.09. The van der Waals surface area contributed by atoms with E-state index in [1.165, 1.54) is 0 Å². The monoisotopic (exact) mass is 416 g/mol. The van der Waals surface area contributed by atoms with Gasteiger partial charge in [0.1, 0.15) is 11.5 Å². The maximum Gasteiger partial charge on any atom is 0.339 e. The number of ether oxygens (including phenoxy) is 3. The molecule has 0 bridgehead atoms. The van der Waals surface area contributed by atoms with Gasteiger partial charge in [0.25, 0.3) is 0 Å². The highest BCUT2D eigenvalue weighted by Gasteiger charge is 2.23. The molecule has 5 nitrogen and oxygen atoms in total. The number of carbonyl (C=O) groups is 2. The highest BCUT2D eigenvalue weighted by Crippen LogP contribution is 2.26. The predicted molar refractivity (Wildman–Crippen MR) is 120 cm³/mol. The Bertz CT molecular complexity index is 1070. The second-order valence-electron chi connectivity index (χ2n) is 6.81. The topological polar surface area (TPSA) is 61.8 Å². The Morgan fingerprint density at radius 2 is 1.42 bits per heavy atom. The van der Waals surface area contributed by atoms with Gasteiger partial charge < -0.3 is 14.2 Å². The number of para-hydroxylation sites is 1. The second kappa shape index (κ2) is 10.3. The quantitative estimate of drug-likeness (QED) is 0.222. The zero-order valence-electron chi connectivity index (χ0n) is 17.7. The second-order valence-corrected chi connectivity index (χ2v) is 6.81. The highest BCUT2D eigenvalue weighted by molar-refractivity contribution is 6.22. The van der Waals surface area contributed by atoms with Gasteiger partial charge in [-0.25, -0.2) is 4.79 Å². The fourth-order valence-corrected chi connectivity index (χ4v) is 3.09. The van der Waals surface area contributed by atoms with Crippen molar-refractivity contribution in [1.82, 2.24) is 0 Å². The van der Waals surface area contributed by atoms with E-state index in [-0.39, 0.29) is 5.78 Å². The Labute approximate surface area is 181 Å². The van der Waals surface area contributed by atoms with Gasteiger partial charge in [0, 0.05) is 11.1 Å². The highest BCUT2D eigenvalue weighted by atomic mass is 16.5. The summed E-state index contributed by atoms with van der Waals surface area (Å²) in [5.74, 6) is 0.394. The van der Waals surface area contributed by atoms with Crippen LogP contribution < -0.4 is 9.47 Å².